The molecule has 1 unspecified atom stereocenters. The van der Waals surface area contributed by atoms with Crippen molar-refractivity contribution in [2.45, 2.75) is 25.8 Å². The fourth-order valence-corrected chi connectivity index (χ4v) is 1.05. The van der Waals surface area contributed by atoms with Crippen LogP contribution in [0.25, 0.3) is 0 Å². The lowest BCUT2D eigenvalue weighted by Gasteiger charge is -2.27. The monoisotopic (exact) mass is 229 g/mol. The summed E-state index contributed by atoms with van der Waals surface area (Å²) in [6, 6.07) is 0. The number of nitrogens with zero attached hydrogens (tertiary/aromatic N) is 2. The molecule has 0 aliphatic rings. The van der Waals surface area contributed by atoms with Gasteiger partial charge >= 0.3 is 0 Å². The van der Waals surface area contributed by atoms with E-state index in [-0.39, 0.29) is 18.4 Å². The fraction of sp³-hybridized carbons (Fsp3) is 0.556. The van der Waals surface area contributed by atoms with Gasteiger partial charge in [-0.25, -0.2) is 15.2 Å². The molecule has 0 bridgehead atoms. The van der Waals surface area contributed by atoms with Gasteiger partial charge in [-0.3, -0.25) is 5.43 Å². The molecule has 0 aliphatic carbocycles. The Hall–Kier alpha value is -1.47. The predicted molar refractivity (Wildman–Crippen MR) is 59.2 cm³/mol. The molecule has 1 aromatic heterocycles. The third-order valence-corrected chi connectivity index (χ3v) is 2.42. The number of nitrogen functional groups attached to an aromatic ring is 1. The quantitative estimate of drug-likeness (QED) is 0.433. The number of hydrogen-bond donors (Lipinski definition) is 4. The number of anilines is 2. The van der Waals surface area contributed by atoms with Gasteiger partial charge in [0.15, 0.2) is 11.6 Å². The van der Waals surface area contributed by atoms with Gasteiger partial charge in [0.1, 0.15) is 0 Å². The maximum atomic E-state index is 13.4. The second kappa shape index (κ2) is 5.04. The van der Waals surface area contributed by atoms with E-state index in [0.717, 1.165) is 6.20 Å². The van der Waals surface area contributed by atoms with Crippen molar-refractivity contribution in [3.05, 3.63) is 12.0 Å². The number of hydrogen-bond acceptors (Lipinski definition) is 6. The number of aliphatic hydroxyl groups excluding tert-OH is 1. The average molecular weight is 229 g/mol. The third-order valence-electron chi connectivity index (χ3n) is 2.42. The number of aliphatic hydroxyl groups is 1. The number of hydrazine groups is 1. The van der Waals surface area contributed by atoms with Crippen LogP contribution in [0.2, 0.25) is 0 Å². The van der Waals surface area contributed by atoms with Crippen molar-refractivity contribution in [2.75, 3.05) is 17.3 Å². The highest BCUT2D eigenvalue weighted by Gasteiger charge is 2.22. The standard InChI is InChI=1S/C9H16FN5O/c1-3-9(2,5-16)14-7-6(10)4-12-8(13-7)15-11/h4,16H,3,5,11H2,1-2H3,(H2,12,13,14,15). The molecule has 1 rings (SSSR count). The van der Waals surface area contributed by atoms with Crippen molar-refractivity contribution in [1.82, 2.24) is 9.97 Å². The minimum absolute atomic E-state index is 0.0151. The number of rotatable bonds is 5. The van der Waals surface area contributed by atoms with E-state index in [1.54, 1.807) is 6.92 Å². The van der Waals surface area contributed by atoms with Crippen molar-refractivity contribution in [3.8, 4) is 0 Å². The number of aromatic nitrogens is 2. The molecular formula is C9H16FN5O. The lowest BCUT2D eigenvalue weighted by atomic mass is 10.0. The smallest absolute Gasteiger partial charge is 0.239 e. The molecule has 0 saturated heterocycles. The number of nitrogens with two attached hydrogens (primary N) is 1. The molecule has 0 radical (unpaired) electrons. The van der Waals surface area contributed by atoms with E-state index < -0.39 is 11.4 Å². The fourth-order valence-electron chi connectivity index (χ4n) is 1.05. The summed E-state index contributed by atoms with van der Waals surface area (Å²) in [5.74, 6) is 4.66. The first-order valence-corrected chi connectivity index (χ1v) is 4.93. The summed E-state index contributed by atoms with van der Waals surface area (Å²) >= 11 is 0. The van der Waals surface area contributed by atoms with E-state index in [1.807, 2.05) is 6.92 Å². The van der Waals surface area contributed by atoms with E-state index in [1.165, 1.54) is 0 Å². The van der Waals surface area contributed by atoms with Crippen LogP contribution in [0, 0.1) is 5.82 Å². The van der Waals surface area contributed by atoms with Crippen LogP contribution in [0.15, 0.2) is 6.20 Å². The van der Waals surface area contributed by atoms with Crippen LogP contribution >= 0.6 is 0 Å². The van der Waals surface area contributed by atoms with Gasteiger partial charge in [-0.2, -0.15) is 4.98 Å². The Morgan fingerprint density at radius 1 is 1.62 bits per heavy atom. The SMILES string of the molecule is CCC(C)(CO)Nc1nc(NN)ncc1F. The first-order valence-electron chi connectivity index (χ1n) is 4.93. The van der Waals surface area contributed by atoms with Crippen molar-refractivity contribution >= 4 is 11.8 Å². The Bertz CT molecular complexity index is 356. The van der Waals surface area contributed by atoms with Gasteiger partial charge < -0.3 is 10.4 Å². The summed E-state index contributed by atoms with van der Waals surface area (Å²) in [5.41, 5.74) is 1.60. The highest BCUT2D eigenvalue weighted by atomic mass is 19.1. The number of nitrogens with one attached hydrogen (secondary N) is 2. The largest absolute Gasteiger partial charge is 0.394 e. The summed E-state index contributed by atoms with van der Waals surface area (Å²) in [6.07, 6.45) is 1.64. The van der Waals surface area contributed by atoms with Crippen LogP contribution in [0.3, 0.4) is 0 Å². The second-order valence-corrected chi connectivity index (χ2v) is 3.73. The van der Waals surface area contributed by atoms with Gasteiger partial charge in [0.2, 0.25) is 5.95 Å². The third kappa shape index (κ3) is 2.77. The highest BCUT2D eigenvalue weighted by molar-refractivity contribution is 5.42. The molecule has 0 spiro atoms. The molecule has 0 aromatic carbocycles. The van der Waals surface area contributed by atoms with Crippen molar-refractivity contribution in [2.24, 2.45) is 5.84 Å². The Morgan fingerprint density at radius 3 is 2.81 bits per heavy atom. The Morgan fingerprint density at radius 2 is 2.31 bits per heavy atom. The summed E-state index contributed by atoms with van der Waals surface area (Å²) < 4.78 is 13.4. The van der Waals surface area contributed by atoms with Crippen LogP contribution in [-0.4, -0.2) is 27.2 Å². The molecule has 16 heavy (non-hydrogen) atoms. The zero-order valence-electron chi connectivity index (χ0n) is 9.29. The molecule has 1 heterocycles. The van der Waals surface area contributed by atoms with Gasteiger partial charge in [0.25, 0.3) is 0 Å². The highest BCUT2D eigenvalue weighted by Crippen LogP contribution is 2.19. The second-order valence-electron chi connectivity index (χ2n) is 3.73. The number of halogens is 1. The Balaban J connectivity index is 2.95. The lowest BCUT2D eigenvalue weighted by molar-refractivity contribution is 0.218. The van der Waals surface area contributed by atoms with Gasteiger partial charge in [0, 0.05) is 0 Å². The maximum absolute atomic E-state index is 13.4. The van der Waals surface area contributed by atoms with E-state index in [4.69, 9.17) is 5.84 Å². The van der Waals surface area contributed by atoms with E-state index in [2.05, 4.69) is 20.7 Å². The maximum Gasteiger partial charge on any atom is 0.239 e. The Labute approximate surface area is 93.1 Å². The van der Waals surface area contributed by atoms with Crippen LogP contribution in [0.5, 0.6) is 0 Å². The zero-order chi connectivity index (χ0) is 12.2. The first kappa shape index (κ1) is 12.6. The lowest BCUT2D eigenvalue weighted by Crippen LogP contribution is -2.38. The van der Waals surface area contributed by atoms with Gasteiger partial charge in [-0.1, -0.05) is 6.92 Å². The zero-order valence-corrected chi connectivity index (χ0v) is 9.29. The summed E-state index contributed by atoms with van der Waals surface area (Å²) in [6.45, 7) is 3.52. The van der Waals surface area contributed by atoms with E-state index in [0.29, 0.717) is 6.42 Å². The van der Waals surface area contributed by atoms with E-state index in [9.17, 15) is 9.50 Å². The van der Waals surface area contributed by atoms with E-state index >= 15 is 0 Å². The normalized spacial score (nSPS) is 14.3. The van der Waals surface area contributed by atoms with Crippen LogP contribution < -0.4 is 16.6 Å². The minimum atomic E-state index is -0.624. The molecule has 90 valence electrons. The van der Waals surface area contributed by atoms with Crippen LogP contribution in [0.1, 0.15) is 20.3 Å². The van der Waals surface area contributed by atoms with Gasteiger partial charge in [-0.05, 0) is 13.3 Å². The molecule has 0 saturated carbocycles. The average Bonchev–Trinajstić information content (AvgIpc) is 2.32. The van der Waals surface area contributed by atoms with Crippen LogP contribution in [0.4, 0.5) is 16.2 Å². The molecule has 0 amide bonds. The Kier molecular flexibility index (Phi) is 3.97. The summed E-state index contributed by atoms with van der Waals surface area (Å²) in [5, 5.41) is 12.0. The summed E-state index contributed by atoms with van der Waals surface area (Å²) in [4.78, 5) is 7.44. The van der Waals surface area contributed by atoms with Crippen molar-refractivity contribution < 1.29 is 9.50 Å². The molecule has 0 fully saturated rings. The van der Waals surface area contributed by atoms with Crippen molar-refractivity contribution in [3.63, 3.8) is 0 Å². The summed E-state index contributed by atoms with van der Waals surface area (Å²) in [7, 11) is 0. The molecule has 5 N–H and O–H groups in total. The first-order chi connectivity index (χ1) is 7.54. The van der Waals surface area contributed by atoms with Crippen molar-refractivity contribution in [1.29, 1.82) is 0 Å². The topological polar surface area (TPSA) is 96.1 Å². The molecular weight excluding hydrogens is 213 g/mol. The molecule has 0 aliphatic heterocycles. The minimum Gasteiger partial charge on any atom is -0.394 e. The van der Waals surface area contributed by atoms with Gasteiger partial charge in [-0.15, -0.1) is 0 Å². The predicted octanol–water partition coefficient (Wildman–Crippen LogP) is 0.474. The molecule has 6 nitrogen and oxygen atoms in total. The molecule has 1 aromatic rings. The van der Waals surface area contributed by atoms with Crippen LogP contribution in [-0.2, 0) is 0 Å². The molecule has 1 atom stereocenters. The van der Waals surface area contributed by atoms with Gasteiger partial charge in [0.05, 0.1) is 18.3 Å². The molecule has 7 heteroatoms.